The molecular weight excluding hydrogens is 300 g/mol. The molecule has 0 atom stereocenters. The van der Waals surface area contributed by atoms with Gasteiger partial charge in [0.2, 0.25) is 0 Å². The van der Waals surface area contributed by atoms with Crippen LogP contribution in [0.15, 0.2) is 54.9 Å². The highest BCUT2D eigenvalue weighted by molar-refractivity contribution is 5.94. The number of hydrogen-bond donors (Lipinski definition) is 2. The Morgan fingerprint density at radius 1 is 1.04 bits per heavy atom. The Kier molecular flexibility index (Phi) is 5.01. The van der Waals surface area contributed by atoms with E-state index < -0.39 is 0 Å². The number of nitrogens with zero attached hydrogens (tertiary/aromatic N) is 2. The number of aromatic amines is 1. The van der Waals surface area contributed by atoms with Crippen LogP contribution in [0.25, 0.3) is 0 Å². The predicted molar refractivity (Wildman–Crippen MR) is 92.8 cm³/mol. The van der Waals surface area contributed by atoms with Crippen LogP contribution in [0.3, 0.4) is 0 Å². The fourth-order valence-electron chi connectivity index (χ4n) is 2.46. The van der Waals surface area contributed by atoms with Crippen molar-refractivity contribution in [2.75, 3.05) is 6.54 Å². The number of carbonyl (C=O) groups excluding carboxylic acids is 1. The molecule has 0 unspecified atom stereocenters. The highest BCUT2D eigenvalue weighted by Crippen LogP contribution is 2.08. The molecule has 1 aromatic heterocycles. The topological polar surface area (TPSA) is 70.7 Å². The smallest absolute Gasteiger partial charge is 0.251 e. The van der Waals surface area contributed by atoms with Crippen LogP contribution in [0.4, 0.5) is 0 Å². The van der Waals surface area contributed by atoms with E-state index >= 15 is 0 Å². The van der Waals surface area contributed by atoms with Crippen molar-refractivity contribution in [2.24, 2.45) is 0 Å². The van der Waals surface area contributed by atoms with Gasteiger partial charge in [-0.2, -0.15) is 5.10 Å². The first-order valence-corrected chi connectivity index (χ1v) is 7.97. The van der Waals surface area contributed by atoms with Crippen molar-refractivity contribution in [1.29, 1.82) is 0 Å². The molecule has 2 aromatic carbocycles. The molecule has 0 saturated heterocycles. The minimum absolute atomic E-state index is 0.0478. The van der Waals surface area contributed by atoms with Crippen molar-refractivity contribution >= 4 is 5.91 Å². The van der Waals surface area contributed by atoms with Gasteiger partial charge in [-0.1, -0.05) is 42.0 Å². The second kappa shape index (κ2) is 7.55. The number of hydrogen-bond acceptors (Lipinski definition) is 3. The number of nitrogens with one attached hydrogen (secondary N) is 2. The van der Waals surface area contributed by atoms with Gasteiger partial charge >= 0.3 is 0 Å². The summed E-state index contributed by atoms with van der Waals surface area (Å²) in [4.78, 5) is 16.3. The summed E-state index contributed by atoms with van der Waals surface area (Å²) in [7, 11) is 0. The molecule has 24 heavy (non-hydrogen) atoms. The van der Waals surface area contributed by atoms with E-state index in [4.69, 9.17) is 0 Å². The zero-order valence-electron chi connectivity index (χ0n) is 13.6. The van der Waals surface area contributed by atoms with Gasteiger partial charge in [0.15, 0.2) is 0 Å². The Morgan fingerprint density at radius 3 is 2.42 bits per heavy atom. The molecule has 2 N–H and O–H groups in total. The Morgan fingerprint density at radius 2 is 1.75 bits per heavy atom. The van der Waals surface area contributed by atoms with Crippen LogP contribution in [0.1, 0.15) is 32.9 Å². The van der Waals surface area contributed by atoms with Gasteiger partial charge in [0, 0.05) is 18.5 Å². The molecule has 0 saturated carbocycles. The van der Waals surface area contributed by atoms with Crippen molar-refractivity contribution in [2.45, 2.75) is 19.8 Å². The summed E-state index contributed by atoms with van der Waals surface area (Å²) >= 11 is 0. The number of aryl methyl sites for hydroxylation is 1. The maximum atomic E-state index is 12.2. The van der Waals surface area contributed by atoms with Crippen molar-refractivity contribution in [3.63, 3.8) is 0 Å². The zero-order valence-corrected chi connectivity index (χ0v) is 13.6. The lowest BCUT2D eigenvalue weighted by Crippen LogP contribution is -2.25. The molecule has 0 aliphatic rings. The normalized spacial score (nSPS) is 10.5. The van der Waals surface area contributed by atoms with Gasteiger partial charge in [-0.3, -0.25) is 9.89 Å². The summed E-state index contributed by atoms with van der Waals surface area (Å²) in [6.45, 7) is 2.69. The van der Waals surface area contributed by atoms with Gasteiger partial charge in [-0.15, -0.1) is 0 Å². The molecule has 0 aliphatic heterocycles. The summed E-state index contributed by atoms with van der Waals surface area (Å²) in [6.07, 6.45) is 3.00. The molecule has 5 heteroatoms. The molecule has 0 radical (unpaired) electrons. The Bertz CT molecular complexity index is 777. The van der Waals surface area contributed by atoms with Crippen molar-refractivity contribution in [3.8, 4) is 0 Å². The first kappa shape index (κ1) is 15.9. The van der Waals surface area contributed by atoms with E-state index in [0.29, 0.717) is 18.5 Å². The number of carbonyl (C=O) groups is 1. The van der Waals surface area contributed by atoms with E-state index in [1.54, 1.807) is 0 Å². The average molecular weight is 320 g/mol. The highest BCUT2D eigenvalue weighted by atomic mass is 16.1. The van der Waals surface area contributed by atoms with Crippen LogP contribution in [0.2, 0.25) is 0 Å². The Hall–Kier alpha value is -2.95. The molecule has 5 nitrogen and oxygen atoms in total. The first-order valence-electron chi connectivity index (χ1n) is 7.97. The number of aromatic nitrogens is 3. The van der Waals surface area contributed by atoms with E-state index in [1.165, 1.54) is 17.5 Å². The van der Waals surface area contributed by atoms with Gasteiger partial charge < -0.3 is 5.32 Å². The second-order valence-corrected chi connectivity index (χ2v) is 5.80. The van der Waals surface area contributed by atoms with Crippen LogP contribution in [-0.2, 0) is 12.8 Å². The predicted octanol–water partition coefficient (Wildman–Crippen LogP) is 2.68. The Balaban J connectivity index is 1.50. The lowest BCUT2D eigenvalue weighted by Gasteiger charge is -2.06. The molecule has 122 valence electrons. The van der Waals surface area contributed by atoms with E-state index in [2.05, 4.69) is 51.7 Å². The second-order valence-electron chi connectivity index (χ2n) is 5.80. The minimum Gasteiger partial charge on any atom is -0.352 e. The largest absolute Gasteiger partial charge is 0.352 e. The fraction of sp³-hybridized carbons (Fsp3) is 0.211. The van der Waals surface area contributed by atoms with E-state index in [0.717, 1.165) is 17.8 Å². The van der Waals surface area contributed by atoms with Crippen molar-refractivity contribution in [1.82, 2.24) is 20.5 Å². The van der Waals surface area contributed by atoms with Gasteiger partial charge in [0.05, 0.1) is 0 Å². The van der Waals surface area contributed by atoms with E-state index in [9.17, 15) is 4.79 Å². The molecule has 0 bridgehead atoms. The van der Waals surface area contributed by atoms with Crippen molar-refractivity contribution in [3.05, 3.63) is 82.9 Å². The standard InChI is InChI=1S/C19H20N4O/c1-14-2-4-15(5-3-14)10-11-20-19(24)17-8-6-16(7-9-17)12-18-21-13-22-23-18/h2-9,13H,10-12H2,1H3,(H,20,24)(H,21,22,23). The van der Waals surface area contributed by atoms with Crippen LogP contribution < -0.4 is 5.32 Å². The summed E-state index contributed by atoms with van der Waals surface area (Å²) in [5.74, 6) is 0.763. The maximum Gasteiger partial charge on any atom is 0.251 e. The van der Waals surface area contributed by atoms with Crippen molar-refractivity contribution < 1.29 is 4.79 Å². The number of H-pyrrole nitrogens is 1. The zero-order chi connectivity index (χ0) is 16.8. The number of amides is 1. The van der Waals surface area contributed by atoms with Gasteiger partial charge in [-0.05, 0) is 36.6 Å². The van der Waals surface area contributed by atoms with Gasteiger partial charge in [0.25, 0.3) is 5.91 Å². The van der Waals surface area contributed by atoms with Gasteiger partial charge in [-0.25, -0.2) is 4.98 Å². The average Bonchev–Trinajstić information content (AvgIpc) is 3.10. The Labute approximate surface area is 141 Å². The molecule has 3 aromatic rings. The van der Waals surface area contributed by atoms with Crippen LogP contribution >= 0.6 is 0 Å². The summed E-state index contributed by atoms with van der Waals surface area (Å²) < 4.78 is 0. The molecule has 1 amide bonds. The van der Waals surface area contributed by atoms with Gasteiger partial charge in [0.1, 0.15) is 12.2 Å². The van der Waals surface area contributed by atoms with E-state index in [-0.39, 0.29) is 5.91 Å². The molecule has 0 fully saturated rings. The third-order valence-corrected chi connectivity index (χ3v) is 3.87. The monoisotopic (exact) mass is 320 g/mol. The lowest BCUT2D eigenvalue weighted by molar-refractivity contribution is 0.0954. The summed E-state index contributed by atoms with van der Waals surface area (Å²) in [6, 6.07) is 15.9. The summed E-state index contributed by atoms with van der Waals surface area (Å²) in [5, 5.41) is 9.62. The van der Waals surface area contributed by atoms with Crippen LogP contribution in [-0.4, -0.2) is 27.6 Å². The third kappa shape index (κ3) is 4.29. The molecular formula is C19H20N4O. The maximum absolute atomic E-state index is 12.2. The quantitative estimate of drug-likeness (QED) is 0.733. The first-order chi connectivity index (χ1) is 11.7. The molecule has 3 rings (SSSR count). The fourth-order valence-corrected chi connectivity index (χ4v) is 2.46. The number of benzene rings is 2. The SMILES string of the molecule is Cc1ccc(CCNC(=O)c2ccc(Cc3ncn[nH]3)cc2)cc1. The molecule has 0 spiro atoms. The molecule has 1 heterocycles. The third-order valence-electron chi connectivity index (χ3n) is 3.87. The van der Waals surface area contributed by atoms with Crippen LogP contribution in [0, 0.1) is 6.92 Å². The lowest BCUT2D eigenvalue weighted by atomic mass is 10.1. The minimum atomic E-state index is -0.0478. The molecule has 0 aliphatic carbocycles. The highest BCUT2D eigenvalue weighted by Gasteiger charge is 2.06. The van der Waals surface area contributed by atoms with Crippen LogP contribution in [0.5, 0.6) is 0 Å². The summed E-state index contributed by atoms with van der Waals surface area (Å²) in [5.41, 5.74) is 4.22. The number of rotatable bonds is 6. The van der Waals surface area contributed by atoms with E-state index in [1.807, 2.05) is 24.3 Å².